The molecule has 0 unspecified atom stereocenters. The second-order valence-corrected chi connectivity index (χ2v) is 5.66. The number of hydrogen-bond acceptors (Lipinski definition) is 4. The van der Waals surface area contributed by atoms with Crippen molar-refractivity contribution in [1.29, 1.82) is 0 Å². The topological polar surface area (TPSA) is 38.8 Å². The molecule has 2 aromatic rings. The Labute approximate surface area is 136 Å². The lowest BCUT2D eigenvalue weighted by molar-refractivity contribution is 0.0600. The quantitative estimate of drug-likeness (QED) is 0.796. The minimum absolute atomic E-state index is 0.280. The van der Waals surface area contributed by atoms with E-state index in [1.165, 1.54) is 18.2 Å². The fourth-order valence-electron chi connectivity index (χ4n) is 2.86. The average molecular weight is 311 g/mol. The molecule has 2 aromatic carbocycles. The van der Waals surface area contributed by atoms with Crippen molar-refractivity contribution < 1.29 is 14.3 Å². The molecule has 1 heterocycles. The molecule has 0 saturated heterocycles. The molecule has 4 nitrogen and oxygen atoms in total. The Morgan fingerprint density at radius 2 is 1.96 bits per heavy atom. The van der Waals surface area contributed by atoms with E-state index in [9.17, 15) is 4.79 Å². The summed E-state index contributed by atoms with van der Waals surface area (Å²) in [6.07, 6.45) is 1.00. The van der Waals surface area contributed by atoms with Crippen LogP contribution in [0.15, 0.2) is 48.5 Å². The minimum atomic E-state index is -0.280. The first-order valence-electron chi connectivity index (χ1n) is 7.86. The second-order valence-electron chi connectivity index (χ2n) is 5.66. The Bertz CT molecular complexity index is 670. The average Bonchev–Trinajstić information content (AvgIpc) is 2.61. The molecule has 0 aromatic heterocycles. The molecule has 23 heavy (non-hydrogen) atoms. The highest BCUT2D eigenvalue weighted by molar-refractivity contribution is 5.89. The van der Waals surface area contributed by atoms with Gasteiger partial charge in [0.05, 0.1) is 12.7 Å². The molecule has 1 aliphatic heterocycles. The van der Waals surface area contributed by atoms with Gasteiger partial charge in [-0.3, -0.25) is 4.90 Å². The van der Waals surface area contributed by atoms with Crippen LogP contribution in [0.25, 0.3) is 0 Å². The maximum absolute atomic E-state index is 11.7. The summed E-state index contributed by atoms with van der Waals surface area (Å²) >= 11 is 0. The summed E-state index contributed by atoms with van der Waals surface area (Å²) in [5, 5.41) is 0. The Morgan fingerprint density at radius 1 is 1.13 bits per heavy atom. The number of esters is 1. The predicted molar refractivity (Wildman–Crippen MR) is 88.7 cm³/mol. The molecule has 0 amide bonds. The number of nitrogens with zero attached hydrogens (tertiary/aromatic N) is 1. The van der Waals surface area contributed by atoms with Crippen molar-refractivity contribution in [2.45, 2.75) is 13.0 Å². The fourth-order valence-corrected chi connectivity index (χ4v) is 2.86. The van der Waals surface area contributed by atoms with Crippen LogP contribution in [-0.2, 0) is 17.7 Å². The van der Waals surface area contributed by atoms with E-state index in [2.05, 4.69) is 4.90 Å². The van der Waals surface area contributed by atoms with E-state index < -0.39 is 0 Å². The summed E-state index contributed by atoms with van der Waals surface area (Å²) in [6, 6.07) is 15.7. The van der Waals surface area contributed by atoms with E-state index in [-0.39, 0.29) is 5.97 Å². The Hall–Kier alpha value is -2.33. The third-order valence-corrected chi connectivity index (χ3v) is 4.14. The van der Waals surface area contributed by atoms with E-state index >= 15 is 0 Å². The third kappa shape index (κ3) is 3.90. The second kappa shape index (κ2) is 7.29. The highest BCUT2D eigenvalue weighted by atomic mass is 16.5. The highest BCUT2D eigenvalue weighted by Crippen LogP contribution is 2.21. The van der Waals surface area contributed by atoms with Crippen molar-refractivity contribution in [2.75, 3.05) is 26.8 Å². The van der Waals surface area contributed by atoms with Crippen LogP contribution in [0.2, 0.25) is 0 Å². The zero-order chi connectivity index (χ0) is 16.1. The van der Waals surface area contributed by atoms with Gasteiger partial charge in [0.25, 0.3) is 0 Å². The van der Waals surface area contributed by atoms with Gasteiger partial charge in [0.15, 0.2) is 0 Å². The van der Waals surface area contributed by atoms with Crippen molar-refractivity contribution in [3.63, 3.8) is 0 Å². The van der Waals surface area contributed by atoms with Crippen molar-refractivity contribution in [1.82, 2.24) is 4.90 Å². The Kier molecular flexibility index (Phi) is 4.93. The molecule has 4 heteroatoms. The zero-order valence-electron chi connectivity index (χ0n) is 13.3. The summed E-state index contributed by atoms with van der Waals surface area (Å²) in [4.78, 5) is 14.0. The van der Waals surface area contributed by atoms with E-state index in [0.29, 0.717) is 12.2 Å². The van der Waals surface area contributed by atoms with E-state index in [4.69, 9.17) is 9.47 Å². The first-order valence-corrected chi connectivity index (χ1v) is 7.86. The van der Waals surface area contributed by atoms with Gasteiger partial charge in [0.2, 0.25) is 0 Å². The Morgan fingerprint density at radius 3 is 2.74 bits per heavy atom. The minimum Gasteiger partial charge on any atom is -0.492 e. The maximum Gasteiger partial charge on any atom is 0.337 e. The van der Waals surface area contributed by atoms with Crippen LogP contribution < -0.4 is 4.74 Å². The molecule has 0 aliphatic carbocycles. The lowest BCUT2D eigenvalue weighted by Crippen LogP contribution is -2.34. The van der Waals surface area contributed by atoms with Crippen LogP contribution in [-0.4, -0.2) is 37.7 Å². The van der Waals surface area contributed by atoms with Crippen LogP contribution in [0.1, 0.15) is 21.5 Å². The van der Waals surface area contributed by atoms with Crippen LogP contribution in [0.3, 0.4) is 0 Å². The lowest BCUT2D eigenvalue weighted by atomic mass is 9.97. The van der Waals surface area contributed by atoms with Gasteiger partial charge in [-0.25, -0.2) is 4.79 Å². The van der Waals surface area contributed by atoms with Gasteiger partial charge >= 0.3 is 5.97 Å². The lowest BCUT2D eigenvalue weighted by Gasteiger charge is -2.28. The molecule has 120 valence electrons. The summed E-state index contributed by atoms with van der Waals surface area (Å²) in [7, 11) is 1.41. The summed E-state index contributed by atoms with van der Waals surface area (Å²) < 4.78 is 10.6. The van der Waals surface area contributed by atoms with Crippen molar-refractivity contribution in [3.05, 3.63) is 65.2 Å². The number of rotatable bonds is 5. The largest absolute Gasteiger partial charge is 0.492 e. The summed E-state index contributed by atoms with van der Waals surface area (Å²) in [6.45, 7) is 3.40. The van der Waals surface area contributed by atoms with E-state index in [1.807, 2.05) is 48.5 Å². The van der Waals surface area contributed by atoms with Crippen LogP contribution in [0.5, 0.6) is 5.75 Å². The Balaban J connectivity index is 1.57. The molecule has 1 aliphatic rings. The normalized spacial score (nSPS) is 14.1. The van der Waals surface area contributed by atoms with Gasteiger partial charge in [0, 0.05) is 19.6 Å². The van der Waals surface area contributed by atoms with Crippen molar-refractivity contribution in [2.24, 2.45) is 0 Å². The molecule has 0 atom stereocenters. The summed E-state index contributed by atoms with van der Waals surface area (Å²) in [5.41, 5.74) is 3.14. The van der Waals surface area contributed by atoms with Crippen LogP contribution in [0, 0.1) is 0 Å². The van der Waals surface area contributed by atoms with Crippen LogP contribution >= 0.6 is 0 Å². The number of para-hydroxylation sites is 1. The molecule has 0 bridgehead atoms. The van der Waals surface area contributed by atoms with Gasteiger partial charge in [-0.2, -0.15) is 0 Å². The number of carbonyl (C=O) groups excluding carboxylic acids is 1. The molecular formula is C19H21NO3. The molecule has 0 saturated carbocycles. The number of methoxy groups -OCH3 is 1. The molecule has 0 radical (unpaired) electrons. The monoisotopic (exact) mass is 311 g/mol. The molecule has 0 fully saturated rings. The summed E-state index contributed by atoms with van der Waals surface area (Å²) in [5.74, 6) is 0.621. The standard InChI is InChI=1S/C19H21NO3/c1-22-19(21)16-8-7-15-9-10-20(14-17(15)13-16)11-12-23-18-5-3-2-4-6-18/h2-8,13H,9-12,14H2,1H3. The fraction of sp³-hybridized carbons (Fsp3) is 0.316. The van der Waals surface area contributed by atoms with Crippen molar-refractivity contribution >= 4 is 5.97 Å². The number of ether oxygens (including phenoxy) is 2. The van der Waals surface area contributed by atoms with Crippen LogP contribution in [0.4, 0.5) is 0 Å². The molecule has 0 N–H and O–H groups in total. The number of carbonyl (C=O) groups is 1. The molecule has 0 spiro atoms. The number of hydrogen-bond donors (Lipinski definition) is 0. The maximum atomic E-state index is 11.7. The predicted octanol–water partition coefficient (Wildman–Crippen LogP) is 2.91. The number of benzene rings is 2. The van der Waals surface area contributed by atoms with Gasteiger partial charge in [-0.05, 0) is 41.8 Å². The van der Waals surface area contributed by atoms with E-state index in [1.54, 1.807) is 0 Å². The smallest absolute Gasteiger partial charge is 0.337 e. The van der Waals surface area contributed by atoms with Gasteiger partial charge in [-0.1, -0.05) is 24.3 Å². The zero-order valence-corrected chi connectivity index (χ0v) is 13.3. The number of fused-ring (bicyclic) bond motifs is 1. The van der Waals surface area contributed by atoms with Gasteiger partial charge < -0.3 is 9.47 Å². The molecular weight excluding hydrogens is 290 g/mol. The van der Waals surface area contributed by atoms with Crippen molar-refractivity contribution in [3.8, 4) is 5.75 Å². The van der Waals surface area contributed by atoms with Gasteiger partial charge in [0.1, 0.15) is 12.4 Å². The molecule has 3 rings (SSSR count). The van der Waals surface area contributed by atoms with E-state index in [0.717, 1.165) is 31.8 Å². The first-order chi connectivity index (χ1) is 11.3. The van der Waals surface area contributed by atoms with Gasteiger partial charge in [-0.15, -0.1) is 0 Å². The first kappa shape index (κ1) is 15.6. The SMILES string of the molecule is COC(=O)c1ccc2c(c1)CN(CCOc1ccccc1)CC2. The third-order valence-electron chi connectivity index (χ3n) is 4.14. The highest BCUT2D eigenvalue weighted by Gasteiger charge is 2.18.